The van der Waals surface area contributed by atoms with E-state index in [9.17, 15) is 4.79 Å². The highest BCUT2D eigenvalue weighted by molar-refractivity contribution is 7.99. The van der Waals surface area contributed by atoms with E-state index in [1.807, 2.05) is 54.7 Å². The number of hydrogen-bond acceptors (Lipinski definition) is 3. The summed E-state index contributed by atoms with van der Waals surface area (Å²) in [5.41, 5.74) is 4.01. The normalized spacial score (nSPS) is 11.0. The fourth-order valence-electron chi connectivity index (χ4n) is 3.28. The maximum atomic E-state index is 12.6. The van der Waals surface area contributed by atoms with Gasteiger partial charge < -0.3 is 0 Å². The summed E-state index contributed by atoms with van der Waals surface area (Å²) in [6, 6.07) is 29.9. The summed E-state index contributed by atoms with van der Waals surface area (Å²) < 4.78 is 1.48. The molecule has 4 nitrogen and oxygen atoms in total. The summed E-state index contributed by atoms with van der Waals surface area (Å²) in [7, 11) is 0. The lowest BCUT2D eigenvalue weighted by Crippen LogP contribution is -2.14. The number of nitrogens with one attached hydrogen (secondary N) is 1. The number of rotatable bonds is 4. The molecule has 3 aromatic carbocycles. The molecule has 1 N–H and O–H groups in total. The second-order valence-corrected chi connectivity index (χ2v) is 7.78. The number of aromatic nitrogens is 3. The average molecular weight is 395 g/mol. The van der Waals surface area contributed by atoms with Crippen LogP contribution in [0.2, 0.25) is 0 Å². The van der Waals surface area contributed by atoms with Gasteiger partial charge >= 0.3 is 0 Å². The van der Waals surface area contributed by atoms with E-state index >= 15 is 0 Å². The molecule has 0 fully saturated rings. The highest BCUT2D eigenvalue weighted by Gasteiger charge is 2.12. The molecule has 2 heterocycles. The van der Waals surface area contributed by atoms with E-state index in [0.717, 1.165) is 21.6 Å². The maximum absolute atomic E-state index is 12.6. The number of hydrogen-bond donors (Lipinski definition) is 1. The third-order valence-corrected chi connectivity index (χ3v) is 5.73. The quantitative estimate of drug-likeness (QED) is 0.437. The van der Waals surface area contributed by atoms with Gasteiger partial charge in [0.1, 0.15) is 0 Å². The van der Waals surface area contributed by atoms with Crippen molar-refractivity contribution in [1.29, 1.82) is 0 Å². The second kappa shape index (κ2) is 7.45. The Morgan fingerprint density at radius 1 is 0.759 bits per heavy atom. The molecule has 0 spiro atoms. The lowest BCUT2D eigenvalue weighted by molar-refractivity contribution is 0.901. The van der Waals surface area contributed by atoms with Crippen LogP contribution in [0.5, 0.6) is 0 Å². The van der Waals surface area contributed by atoms with Gasteiger partial charge in [0, 0.05) is 33.2 Å². The van der Waals surface area contributed by atoms with Crippen LogP contribution in [0.3, 0.4) is 0 Å². The molecule has 0 radical (unpaired) electrons. The van der Waals surface area contributed by atoms with Gasteiger partial charge in [-0.15, -0.1) is 0 Å². The van der Waals surface area contributed by atoms with Gasteiger partial charge in [-0.2, -0.15) is 0 Å². The number of nitrogens with zero attached hydrogens (tertiary/aromatic N) is 2. The first-order valence-corrected chi connectivity index (χ1v) is 10.1. The van der Waals surface area contributed by atoms with Crippen molar-refractivity contribution < 1.29 is 0 Å². The number of fused-ring (bicyclic) bond motifs is 1. The van der Waals surface area contributed by atoms with Crippen LogP contribution in [-0.2, 0) is 0 Å². The molecule has 0 aliphatic heterocycles. The second-order valence-electron chi connectivity index (χ2n) is 6.63. The van der Waals surface area contributed by atoms with Crippen LogP contribution in [-0.4, -0.2) is 14.6 Å². The molecule has 0 atom stereocenters. The zero-order valence-corrected chi connectivity index (χ0v) is 16.3. The Morgan fingerprint density at radius 3 is 2.14 bits per heavy atom. The smallest absolute Gasteiger partial charge is 0.273 e. The van der Waals surface area contributed by atoms with Crippen LogP contribution >= 0.6 is 11.8 Å². The van der Waals surface area contributed by atoms with Crippen molar-refractivity contribution >= 4 is 17.4 Å². The average Bonchev–Trinajstić information content (AvgIpc) is 3.20. The molecule has 0 saturated carbocycles. The van der Waals surface area contributed by atoms with E-state index in [2.05, 4.69) is 41.5 Å². The van der Waals surface area contributed by atoms with Gasteiger partial charge in [0.15, 0.2) is 5.65 Å². The van der Waals surface area contributed by atoms with Crippen molar-refractivity contribution in [2.24, 2.45) is 0 Å². The van der Waals surface area contributed by atoms with Crippen LogP contribution in [0.25, 0.3) is 28.0 Å². The first-order chi connectivity index (χ1) is 14.3. The van der Waals surface area contributed by atoms with E-state index in [1.54, 1.807) is 17.8 Å². The van der Waals surface area contributed by atoms with Gasteiger partial charge in [-0.25, -0.2) is 9.50 Å². The first kappa shape index (κ1) is 17.5. The zero-order chi connectivity index (χ0) is 19.6. The van der Waals surface area contributed by atoms with E-state index in [1.165, 1.54) is 9.41 Å². The zero-order valence-electron chi connectivity index (χ0n) is 15.4. The van der Waals surface area contributed by atoms with Crippen molar-refractivity contribution in [3.63, 3.8) is 0 Å². The van der Waals surface area contributed by atoms with Crippen molar-refractivity contribution in [3.05, 3.63) is 108 Å². The van der Waals surface area contributed by atoms with Gasteiger partial charge in [0.2, 0.25) is 0 Å². The molecule has 0 amide bonds. The van der Waals surface area contributed by atoms with Crippen LogP contribution < -0.4 is 5.56 Å². The Labute approximate surface area is 171 Å². The first-order valence-electron chi connectivity index (χ1n) is 9.28. The minimum absolute atomic E-state index is 0.128. The van der Waals surface area contributed by atoms with Crippen molar-refractivity contribution in [1.82, 2.24) is 14.6 Å². The lowest BCUT2D eigenvalue weighted by atomic mass is 10.1. The third kappa shape index (κ3) is 3.48. The van der Waals surface area contributed by atoms with Crippen molar-refractivity contribution in [3.8, 4) is 22.4 Å². The summed E-state index contributed by atoms with van der Waals surface area (Å²) in [5.74, 6) is 0. The molecule has 0 aliphatic carbocycles. The summed E-state index contributed by atoms with van der Waals surface area (Å²) in [6.45, 7) is 0. The van der Waals surface area contributed by atoms with Crippen molar-refractivity contribution in [2.75, 3.05) is 0 Å². The summed E-state index contributed by atoms with van der Waals surface area (Å²) in [4.78, 5) is 19.7. The topological polar surface area (TPSA) is 50.2 Å². The Hall–Kier alpha value is -3.57. The van der Waals surface area contributed by atoms with Gasteiger partial charge in [0.25, 0.3) is 5.56 Å². The molecular weight excluding hydrogens is 378 g/mol. The molecular formula is C24H17N3OS. The molecule has 0 aliphatic rings. The van der Waals surface area contributed by atoms with E-state index in [0.29, 0.717) is 11.3 Å². The Morgan fingerprint density at radius 2 is 1.41 bits per heavy atom. The van der Waals surface area contributed by atoms with Gasteiger partial charge in [-0.1, -0.05) is 72.4 Å². The van der Waals surface area contributed by atoms with Crippen LogP contribution in [0, 0.1) is 0 Å². The molecule has 29 heavy (non-hydrogen) atoms. The highest BCUT2D eigenvalue weighted by Crippen LogP contribution is 2.30. The molecule has 0 bridgehead atoms. The fourth-order valence-corrected chi connectivity index (χ4v) is 4.12. The fraction of sp³-hybridized carbons (Fsp3) is 0. The maximum Gasteiger partial charge on any atom is 0.273 e. The lowest BCUT2D eigenvalue weighted by Gasteiger charge is -2.05. The number of aromatic amines is 1. The van der Waals surface area contributed by atoms with Crippen molar-refractivity contribution in [2.45, 2.75) is 9.79 Å². The SMILES string of the molecule is O=c1cc(-c2ccccc2)nc2c(-c3ccc(Sc4ccccc4)cc3)c[nH]n12. The molecule has 2 aromatic heterocycles. The Bertz CT molecular complexity index is 1320. The molecule has 0 saturated heterocycles. The number of H-pyrrole nitrogens is 1. The van der Waals surface area contributed by atoms with E-state index in [4.69, 9.17) is 4.98 Å². The predicted molar refractivity (Wildman–Crippen MR) is 117 cm³/mol. The van der Waals surface area contributed by atoms with Gasteiger partial charge in [-0.3, -0.25) is 9.89 Å². The minimum Gasteiger partial charge on any atom is -0.296 e. The highest BCUT2D eigenvalue weighted by atomic mass is 32.2. The molecule has 5 heteroatoms. The van der Waals surface area contributed by atoms with Crippen LogP contribution in [0.15, 0.2) is 112 Å². The standard InChI is InChI=1S/C24H17N3OS/c28-23-15-22(18-7-3-1-4-8-18)26-24-21(16-25-27(23)24)17-11-13-20(14-12-17)29-19-9-5-2-6-10-19/h1-16,25H. The molecule has 140 valence electrons. The van der Waals surface area contributed by atoms with Gasteiger partial charge in [-0.05, 0) is 29.8 Å². The Balaban J connectivity index is 1.53. The van der Waals surface area contributed by atoms with Crippen LogP contribution in [0.4, 0.5) is 0 Å². The summed E-state index contributed by atoms with van der Waals surface area (Å²) in [5, 5.41) is 3.02. The minimum atomic E-state index is -0.128. The number of benzene rings is 3. The third-order valence-electron chi connectivity index (χ3n) is 4.71. The van der Waals surface area contributed by atoms with Gasteiger partial charge in [0.05, 0.1) is 5.69 Å². The summed E-state index contributed by atoms with van der Waals surface area (Å²) >= 11 is 1.72. The molecule has 0 unspecified atom stereocenters. The van der Waals surface area contributed by atoms with Crippen LogP contribution in [0.1, 0.15) is 0 Å². The Kier molecular flexibility index (Phi) is 4.50. The summed E-state index contributed by atoms with van der Waals surface area (Å²) in [6.07, 6.45) is 1.83. The molecule has 5 rings (SSSR count). The predicted octanol–water partition coefficient (Wildman–Crippen LogP) is 5.51. The largest absolute Gasteiger partial charge is 0.296 e. The van der Waals surface area contributed by atoms with E-state index < -0.39 is 0 Å². The monoisotopic (exact) mass is 395 g/mol. The van der Waals surface area contributed by atoms with E-state index in [-0.39, 0.29) is 5.56 Å². The molecule has 5 aromatic rings.